The molecule has 1 nitrogen and oxygen atoms in total. The molecular formula is C41H58ClNPPd. The van der Waals surface area contributed by atoms with Gasteiger partial charge in [0.05, 0.1) is 0 Å². The number of hydrogen-bond acceptors (Lipinski definition) is 1. The molecule has 249 valence electrons. The molecule has 0 bridgehead atoms. The minimum absolute atomic E-state index is 0.273. The van der Waals surface area contributed by atoms with E-state index in [4.69, 9.17) is 17.3 Å². The maximum atomic E-state index is 7.27. The number of rotatable bonds is 9. The van der Waals surface area contributed by atoms with Crippen molar-refractivity contribution in [1.82, 2.24) is 0 Å². The summed E-state index contributed by atoms with van der Waals surface area (Å²) in [5.41, 5.74) is 15.9. The Kier molecular flexibility index (Phi) is 14.7. The average Bonchev–Trinajstić information content (AvgIpc) is 3.04. The van der Waals surface area contributed by atoms with E-state index < -0.39 is 0 Å². The van der Waals surface area contributed by atoms with Gasteiger partial charge in [-0.05, 0) is 88.6 Å². The van der Waals surface area contributed by atoms with Crippen LogP contribution in [0.15, 0.2) is 54.6 Å². The molecule has 4 heteroatoms. The van der Waals surface area contributed by atoms with Crippen molar-refractivity contribution in [3.8, 4) is 11.1 Å². The van der Waals surface area contributed by atoms with Crippen molar-refractivity contribution in [3.63, 3.8) is 0 Å². The van der Waals surface area contributed by atoms with Gasteiger partial charge in [0.2, 0.25) is 0 Å². The van der Waals surface area contributed by atoms with E-state index >= 15 is 0 Å². The zero-order valence-electron chi connectivity index (χ0n) is 28.8. The van der Waals surface area contributed by atoms with Gasteiger partial charge in [-0.2, -0.15) is 0 Å². The first-order valence-electron chi connectivity index (χ1n) is 17.8. The Morgan fingerprint density at radius 1 is 0.733 bits per heavy atom. The number of benzene rings is 3. The third kappa shape index (κ3) is 9.55. The molecule has 0 amide bonds. The normalized spacial score (nSPS) is 16.5. The Balaban J connectivity index is 0.000000392. The first-order valence-corrected chi connectivity index (χ1v) is 20.4. The summed E-state index contributed by atoms with van der Waals surface area (Å²) in [5, 5.41) is 2.60. The fraction of sp³-hybridized carbons (Fsp3) is 0.561. The second kappa shape index (κ2) is 18.0. The van der Waals surface area contributed by atoms with E-state index in [1.165, 1.54) is 102 Å². The number of hydrogen-bond donors (Lipinski definition) is 1. The Morgan fingerprint density at radius 3 is 1.73 bits per heavy atom. The molecule has 0 saturated heterocycles. The first kappa shape index (κ1) is 36.8. The van der Waals surface area contributed by atoms with Crippen molar-refractivity contribution in [2.24, 2.45) is 5.73 Å². The van der Waals surface area contributed by atoms with Crippen LogP contribution in [-0.2, 0) is 25.6 Å². The van der Waals surface area contributed by atoms with Crippen LogP contribution in [0.4, 0.5) is 0 Å². The maximum absolute atomic E-state index is 7.27. The summed E-state index contributed by atoms with van der Waals surface area (Å²) in [5.74, 6) is 1.52. The summed E-state index contributed by atoms with van der Waals surface area (Å²) in [6.45, 7) is 14.9. The third-order valence-corrected chi connectivity index (χ3v) is 14.7. The third-order valence-electron chi connectivity index (χ3n) is 9.92. The van der Waals surface area contributed by atoms with E-state index in [1.807, 2.05) is 18.2 Å². The van der Waals surface area contributed by atoms with Gasteiger partial charge in [-0.25, -0.2) is 0 Å². The molecule has 2 aliphatic rings. The van der Waals surface area contributed by atoms with Gasteiger partial charge in [0.25, 0.3) is 0 Å². The van der Waals surface area contributed by atoms with E-state index in [1.54, 1.807) is 5.30 Å². The Morgan fingerprint density at radius 2 is 1.27 bits per heavy atom. The van der Waals surface area contributed by atoms with E-state index in [9.17, 15) is 0 Å². The molecule has 0 atom stereocenters. The van der Waals surface area contributed by atoms with Gasteiger partial charge in [0, 0.05) is 10.3 Å². The van der Waals surface area contributed by atoms with Crippen LogP contribution in [-0.4, -0.2) is 17.9 Å². The van der Waals surface area contributed by atoms with Gasteiger partial charge in [0.1, 0.15) is 0 Å². The molecule has 0 spiro atoms. The van der Waals surface area contributed by atoms with Crippen molar-refractivity contribution in [3.05, 3.63) is 81.9 Å². The summed E-state index contributed by atoms with van der Waals surface area (Å²) >= 11 is 10.5. The molecule has 0 radical (unpaired) electrons. The van der Waals surface area contributed by atoms with Gasteiger partial charge in [0.15, 0.2) is 0 Å². The second-order valence-electron chi connectivity index (χ2n) is 14.3. The Hall–Kier alpha value is -0.998. The summed E-state index contributed by atoms with van der Waals surface area (Å²) in [6, 6.07) is 20.1. The SMILES string of the molecule is CC(C)c1cc(C(C)C)c(-c2cccc(Cl)c2P(C2CCCCC2)C2CCCCC2)c(C(C)C)c1.NCCc1cccc[c]1[Pd]. The molecule has 3 aromatic carbocycles. The number of halogens is 1. The van der Waals surface area contributed by atoms with E-state index in [2.05, 4.69) is 97.1 Å². The summed E-state index contributed by atoms with van der Waals surface area (Å²) < 4.78 is 1.19. The van der Waals surface area contributed by atoms with Crippen LogP contribution in [0.25, 0.3) is 11.1 Å². The van der Waals surface area contributed by atoms with Gasteiger partial charge in [-0.3, -0.25) is 0 Å². The van der Waals surface area contributed by atoms with Gasteiger partial charge in [-0.15, -0.1) is 0 Å². The molecule has 3 aromatic rings. The molecule has 0 unspecified atom stereocenters. The quantitative estimate of drug-likeness (QED) is 0.172. The molecular weight excluding hydrogens is 679 g/mol. The zero-order valence-corrected chi connectivity index (χ0v) is 32.0. The van der Waals surface area contributed by atoms with Crippen molar-refractivity contribution in [2.75, 3.05) is 6.54 Å². The molecule has 5 rings (SSSR count). The van der Waals surface area contributed by atoms with Crippen molar-refractivity contribution in [2.45, 2.75) is 141 Å². The van der Waals surface area contributed by atoms with Crippen LogP contribution < -0.4 is 15.1 Å². The van der Waals surface area contributed by atoms with E-state index in [0.717, 1.165) is 22.8 Å². The fourth-order valence-electron chi connectivity index (χ4n) is 7.47. The standard InChI is InChI=1S/C33H48ClP.C8H10N.Pd/c1-22(2)25-20-29(23(3)4)32(30(21-25)24(5)6)28-18-13-19-31(34)33(28)35(26-14-9-7-10-15-26)27-16-11-8-12-17-27;9-7-6-8-4-2-1-3-5-8;/h13,18-24,26-27H,7-12,14-17H2,1-6H3;1-4H,6-7,9H2;. The molecule has 2 N–H and O–H groups in total. The van der Waals surface area contributed by atoms with Crippen LogP contribution in [0.3, 0.4) is 0 Å². The molecule has 45 heavy (non-hydrogen) atoms. The fourth-order valence-corrected chi connectivity index (χ4v) is 12.4. The number of nitrogens with two attached hydrogens (primary N) is 1. The van der Waals surface area contributed by atoms with Gasteiger partial charge >= 0.3 is 71.8 Å². The van der Waals surface area contributed by atoms with Crippen LogP contribution >= 0.6 is 19.5 Å². The summed E-state index contributed by atoms with van der Waals surface area (Å²) in [4.78, 5) is 0. The van der Waals surface area contributed by atoms with Crippen LogP contribution in [0.2, 0.25) is 5.02 Å². The summed E-state index contributed by atoms with van der Waals surface area (Å²) in [7, 11) is -0.273. The molecule has 2 saturated carbocycles. The Labute approximate surface area is 293 Å². The Bertz CT molecular complexity index is 1310. The topological polar surface area (TPSA) is 26.0 Å². The van der Waals surface area contributed by atoms with Crippen molar-refractivity contribution >= 4 is 28.9 Å². The first-order chi connectivity index (χ1) is 21.6. The second-order valence-corrected chi connectivity index (χ2v) is 18.2. The monoisotopic (exact) mass is 736 g/mol. The van der Waals surface area contributed by atoms with Gasteiger partial charge in [-0.1, -0.05) is 124 Å². The van der Waals surface area contributed by atoms with Crippen molar-refractivity contribution < 1.29 is 19.2 Å². The van der Waals surface area contributed by atoms with Crippen LogP contribution in [0.1, 0.15) is 146 Å². The average molecular weight is 738 g/mol. The van der Waals surface area contributed by atoms with Crippen LogP contribution in [0, 0.1) is 0 Å². The predicted molar refractivity (Wildman–Crippen MR) is 198 cm³/mol. The summed E-state index contributed by atoms with van der Waals surface area (Å²) in [6.07, 6.45) is 15.1. The molecule has 0 heterocycles. The van der Waals surface area contributed by atoms with Gasteiger partial charge < -0.3 is 0 Å². The van der Waals surface area contributed by atoms with Crippen molar-refractivity contribution in [1.29, 1.82) is 0 Å². The van der Waals surface area contributed by atoms with Crippen LogP contribution in [0.5, 0.6) is 0 Å². The molecule has 2 fully saturated rings. The zero-order chi connectivity index (χ0) is 32.5. The predicted octanol–water partition coefficient (Wildman–Crippen LogP) is 11.5. The van der Waals surface area contributed by atoms with E-state index in [0.29, 0.717) is 24.3 Å². The molecule has 2 aliphatic carbocycles. The molecule has 0 aromatic heterocycles. The molecule has 0 aliphatic heterocycles. The van der Waals surface area contributed by atoms with E-state index in [-0.39, 0.29) is 7.92 Å². The minimum atomic E-state index is -0.273.